The maximum atomic E-state index is 4.17. The van der Waals surface area contributed by atoms with Gasteiger partial charge >= 0.3 is 0 Å². The summed E-state index contributed by atoms with van der Waals surface area (Å²) in [4.78, 5) is 0. The van der Waals surface area contributed by atoms with Gasteiger partial charge in [-0.1, -0.05) is 105 Å². The molecular formula is C28H60N6. The van der Waals surface area contributed by atoms with E-state index in [2.05, 4.69) is 20.6 Å². The van der Waals surface area contributed by atoms with Gasteiger partial charge in [0.2, 0.25) is 0 Å². The second-order valence-electron chi connectivity index (χ2n) is 7.04. The Hall–Kier alpha value is -1.72. The first kappa shape index (κ1) is 36.8. The highest BCUT2D eigenvalue weighted by Crippen LogP contribution is 2.17. The molecule has 0 aliphatic heterocycles. The molecule has 0 saturated carbocycles. The van der Waals surface area contributed by atoms with E-state index in [1.165, 1.54) is 87.0 Å². The summed E-state index contributed by atoms with van der Waals surface area (Å²) in [5.41, 5.74) is 5.18. The van der Waals surface area contributed by atoms with Crippen molar-refractivity contribution in [3.63, 3.8) is 0 Å². The van der Waals surface area contributed by atoms with Gasteiger partial charge in [0.05, 0.1) is 22.8 Å². The number of hydrogen-bond acceptors (Lipinski definition) is 4. The Labute approximate surface area is 213 Å². The van der Waals surface area contributed by atoms with Crippen LogP contribution in [0.2, 0.25) is 0 Å². The van der Waals surface area contributed by atoms with Crippen LogP contribution < -0.4 is 0 Å². The van der Waals surface area contributed by atoms with E-state index in [-0.39, 0.29) is 0 Å². The van der Waals surface area contributed by atoms with Gasteiger partial charge in [-0.05, 0) is 51.4 Å². The topological polar surface area (TPSA) is 61.4 Å². The highest BCUT2D eigenvalue weighted by atomic mass is 15.4. The minimum atomic E-state index is 1.13. The van der Waals surface area contributed by atoms with Crippen LogP contribution in [0.4, 0.5) is 0 Å². The van der Waals surface area contributed by atoms with Crippen molar-refractivity contribution in [1.29, 1.82) is 0 Å². The molecule has 0 bridgehead atoms. The van der Waals surface area contributed by atoms with Crippen molar-refractivity contribution in [1.82, 2.24) is 30.0 Å². The first-order chi connectivity index (χ1) is 16.8. The minimum absolute atomic E-state index is 1.13. The van der Waals surface area contributed by atoms with Crippen LogP contribution in [0, 0.1) is 0 Å². The van der Waals surface area contributed by atoms with Gasteiger partial charge in [-0.2, -0.15) is 0 Å². The molecule has 6 nitrogen and oxygen atoms in total. The molecule has 0 radical (unpaired) electrons. The smallest absolute Gasteiger partial charge is 0.0859 e. The van der Waals surface area contributed by atoms with E-state index in [1.807, 2.05) is 92.7 Å². The van der Waals surface area contributed by atoms with E-state index in [4.69, 9.17) is 0 Å². The van der Waals surface area contributed by atoms with E-state index in [0.717, 1.165) is 12.8 Å². The average molecular weight is 481 g/mol. The van der Waals surface area contributed by atoms with Gasteiger partial charge in [0.15, 0.2) is 0 Å². The van der Waals surface area contributed by atoms with Crippen LogP contribution in [0.3, 0.4) is 0 Å². The van der Waals surface area contributed by atoms with Gasteiger partial charge in [0.25, 0.3) is 0 Å². The van der Waals surface area contributed by atoms with Crippen LogP contribution in [0.5, 0.6) is 0 Å². The van der Waals surface area contributed by atoms with Crippen molar-refractivity contribution in [3.05, 3.63) is 22.8 Å². The Morgan fingerprint density at radius 3 is 0.971 bits per heavy atom. The van der Waals surface area contributed by atoms with Crippen LogP contribution in [0.15, 0.2) is 0 Å². The molecule has 0 N–H and O–H groups in total. The fraction of sp³-hybridized carbons (Fsp3) is 0.857. The Balaban J connectivity index is -0.000000415. The molecule has 2 aliphatic rings. The number of hydrogen-bond donors (Lipinski definition) is 0. The fourth-order valence-electron chi connectivity index (χ4n) is 3.72. The molecule has 202 valence electrons. The Bertz CT molecular complexity index is 589. The van der Waals surface area contributed by atoms with Gasteiger partial charge in [-0.3, -0.25) is 9.36 Å². The second kappa shape index (κ2) is 27.5. The molecule has 2 aliphatic carbocycles. The Morgan fingerprint density at radius 1 is 0.412 bits per heavy atom. The first-order valence-electron chi connectivity index (χ1n) is 14.5. The second-order valence-corrected chi connectivity index (χ2v) is 7.04. The number of aromatic nitrogens is 6. The van der Waals surface area contributed by atoms with Gasteiger partial charge in [-0.25, -0.2) is 0 Å². The summed E-state index contributed by atoms with van der Waals surface area (Å²) in [6.07, 6.45) is 15.2. The lowest BCUT2D eigenvalue weighted by Crippen LogP contribution is -2.03. The van der Waals surface area contributed by atoms with Gasteiger partial charge in [0, 0.05) is 14.1 Å². The molecule has 2 aromatic rings. The van der Waals surface area contributed by atoms with Crippen LogP contribution in [0.25, 0.3) is 0 Å². The summed E-state index contributed by atoms with van der Waals surface area (Å²) < 4.78 is 3.86. The van der Waals surface area contributed by atoms with Gasteiger partial charge < -0.3 is 0 Å². The van der Waals surface area contributed by atoms with Crippen molar-refractivity contribution in [3.8, 4) is 0 Å². The van der Waals surface area contributed by atoms with Crippen molar-refractivity contribution in [2.45, 2.75) is 146 Å². The Kier molecular flexibility index (Phi) is 29.8. The van der Waals surface area contributed by atoms with Crippen molar-refractivity contribution in [2.75, 3.05) is 0 Å². The molecule has 0 saturated heterocycles. The highest BCUT2D eigenvalue weighted by Gasteiger charge is 2.12. The third kappa shape index (κ3) is 14.5. The van der Waals surface area contributed by atoms with Crippen molar-refractivity contribution in [2.24, 2.45) is 14.1 Å². The summed E-state index contributed by atoms with van der Waals surface area (Å²) in [7, 11) is 3.99. The molecule has 6 heteroatoms. The molecule has 0 aromatic carbocycles. The zero-order chi connectivity index (χ0) is 26.8. The summed E-state index contributed by atoms with van der Waals surface area (Å²) in [5.74, 6) is 0. The van der Waals surface area contributed by atoms with Crippen LogP contribution in [-0.4, -0.2) is 30.0 Å². The van der Waals surface area contributed by atoms with Gasteiger partial charge in [0.1, 0.15) is 0 Å². The largest absolute Gasteiger partial charge is 0.252 e. The molecule has 0 fully saturated rings. The number of aryl methyl sites for hydroxylation is 4. The lowest BCUT2D eigenvalue weighted by Gasteiger charge is -2.08. The number of rotatable bonds is 0. The molecule has 0 unspecified atom stereocenters. The summed E-state index contributed by atoms with van der Waals surface area (Å²) in [5, 5.41) is 16.4. The Morgan fingerprint density at radius 2 is 0.676 bits per heavy atom. The predicted molar refractivity (Wildman–Crippen MR) is 150 cm³/mol. The quantitative estimate of drug-likeness (QED) is 0.382. The maximum absolute atomic E-state index is 4.17. The summed E-state index contributed by atoms with van der Waals surface area (Å²) in [6.45, 7) is 20.0. The standard InChI is InChI=1S/2C9H15N3.5C2H6/c2*1-12-9-7-5-3-2-4-6-8(9)10-11-12;5*1-2/h2*2-7H2,1H3;5*1-2H3. The third-order valence-corrected chi connectivity index (χ3v) is 5.20. The van der Waals surface area contributed by atoms with E-state index < -0.39 is 0 Å². The van der Waals surface area contributed by atoms with E-state index >= 15 is 0 Å². The van der Waals surface area contributed by atoms with Crippen molar-refractivity contribution >= 4 is 0 Å². The molecule has 2 aromatic heterocycles. The molecule has 0 spiro atoms. The van der Waals surface area contributed by atoms with Crippen LogP contribution in [0.1, 0.15) is 143 Å². The SMILES string of the molecule is CC.CC.CC.CC.CC.Cn1nnc2c1CCCCCC2.Cn1nnc2c1CCCCCC2. The lowest BCUT2D eigenvalue weighted by atomic mass is 10.0. The number of nitrogens with zero attached hydrogens (tertiary/aromatic N) is 6. The van der Waals surface area contributed by atoms with Crippen LogP contribution in [-0.2, 0) is 39.8 Å². The molecule has 0 amide bonds. The first-order valence-corrected chi connectivity index (χ1v) is 14.5. The monoisotopic (exact) mass is 480 g/mol. The maximum Gasteiger partial charge on any atom is 0.0859 e. The fourth-order valence-corrected chi connectivity index (χ4v) is 3.72. The zero-order valence-electron chi connectivity index (χ0n) is 25.2. The molecular weight excluding hydrogens is 420 g/mol. The highest BCUT2D eigenvalue weighted by molar-refractivity contribution is 5.11. The normalized spacial score (nSPS) is 13.6. The molecule has 2 heterocycles. The van der Waals surface area contributed by atoms with Crippen LogP contribution >= 0.6 is 0 Å². The van der Waals surface area contributed by atoms with E-state index in [0.29, 0.717) is 0 Å². The third-order valence-electron chi connectivity index (χ3n) is 5.20. The van der Waals surface area contributed by atoms with E-state index in [1.54, 1.807) is 0 Å². The predicted octanol–water partition coefficient (Wildman–Crippen LogP) is 8.08. The zero-order valence-corrected chi connectivity index (χ0v) is 25.2. The summed E-state index contributed by atoms with van der Waals surface area (Å²) in [6, 6.07) is 0. The molecule has 4 rings (SSSR count). The van der Waals surface area contributed by atoms with Gasteiger partial charge in [-0.15, -0.1) is 10.2 Å². The molecule has 34 heavy (non-hydrogen) atoms. The lowest BCUT2D eigenvalue weighted by molar-refractivity contribution is 0.591. The number of fused-ring (bicyclic) bond motifs is 2. The average Bonchev–Trinajstić information content (AvgIpc) is 3.40. The summed E-state index contributed by atoms with van der Waals surface area (Å²) >= 11 is 0. The molecule has 0 atom stereocenters. The van der Waals surface area contributed by atoms with Crippen molar-refractivity contribution < 1.29 is 0 Å². The minimum Gasteiger partial charge on any atom is -0.252 e. The van der Waals surface area contributed by atoms with E-state index in [9.17, 15) is 0 Å².